The van der Waals surface area contributed by atoms with Crippen LogP contribution in [0.3, 0.4) is 0 Å². The molecule has 2 aliphatic heterocycles. The molecule has 0 unspecified atom stereocenters. The maximum atomic E-state index is 14.8. The van der Waals surface area contributed by atoms with Crippen LogP contribution in [0.4, 0.5) is 0 Å². The monoisotopic (exact) mass is 1050 g/mol. The van der Waals surface area contributed by atoms with Crippen molar-refractivity contribution in [3.8, 4) is 22.5 Å². The lowest BCUT2D eigenvalue weighted by molar-refractivity contribution is -0.140. The van der Waals surface area contributed by atoms with E-state index in [-0.39, 0.29) is 97.4 Å². The quantitative estimate of drug-likeness (QED) is 0.0469. The molecule has 18 heteroatoms. The summed E-state index contributed by atoms with van der Waals surface area (Å²) in [5.41, 5.74) is 3.62. The number of thiazole rings is 2. The third-order valence-electron chi connectivity index (χ3n) is 15.7. The topological polar surface area (TPSA) is 207 Å². The fraction of sp³-hybridized carbons (Fsp3) is 0.571. The van der Waals surface area contributed by atoms with E-state index in [2.05, 4.69) is 31.9 Å². The number of benzene rings is 2. The summed E-state index contributed by atoms with van der Waals surface area (Å²) in [6.07, 6.45) is 12.0. The van der Waals surface area contributed by atoms with Gasteiger partial charge in [-0.15, -0.1) is 22.7 Å². The first-order chi connectivity index (χ1) is 35.9. The lowest BCUT2D eigenvalue weighted by atomic mass is 9.83. The number of carbonyl (C=O) groups is 6. The van der Waals surface area contributed by atoms with Crippen LogP contribution in [0, 0.1) is 11.8 Å². The molecule has 8 rings (SSSR count). The molecule has 4 fully saturated rings. The van der Waals surface area contributed by atoms with Crippen molar-refractivity contribution in [2.45, 2.75) is 165 Å². The molecule has 16 nitrogen and oxygen atoms in total. The Hall–Kier alpha value is -5.56. The van der Waals surface area contributed by atoms with Gasteiger partial charge in [0.1, 0.15) is 22.1 Å². The summed E-state index contributed by atoms with van der Waals surface area (Å²) < 4.78 is 0. The number of aromatic nitrogens is 2. The Balaban J connectivity index is 0.897. The second-order valence-electron chi connectivity index (χ2n) is 20.9. The molecular weight excluding hydrogens is 973 g/mol. The van der Waals surface area contributed by atoms with E-state index < -0.39 is 24.2 Å². The van der Waals surface area contributed by atoms with Gasteiger partial charge >= 0.3 is 0 Å². The van der Waals surface area contributed by atoms with Crippen LogP contribution in [0.2, 0.25) is 0 Å². The number of likely N-dealkylation sites (tertiary alicyclic amines) is 2. The highest BCUT2D eigenvalue weighted by Gasteiger charge is 2.45. The largest absolute Gasteiger partial charge is 0.351 e. The van der Waals surface area contributed by atoms with Crippen molar-refractivity contribution in [2.24, 2.45) is 11.8 Å². The van der Waals surface area contributed by atoms with Gasteiger partial charge in [0.15, 0.2) is 0 Å². The Morgan fingerprint density at radius 1 is 0.568 bits per heavy atom. The van der Waals surface area contributed by atoms with Crippen LogP contribution in [-0.4, -0.2) is 119 Å². The molecule has 0 bridgehead atoms. The summed E-state index contributed by atoms with van der Waals surface area (Å²) >= 11 is 3.01. The number of likely N-dealkylation sites (N-methyl/N-ethyl adjacent to an activating group) is 2. The highest BCUT2D eigenvalue weighted by molar-refractivity contribution is 7.10. The van der Waals surface area contributed by atoms with Crippen molar-refractivity contribution >= 4 is 58.1 Å². The molecule has 2 saturated heterocycles. The van der Waals surface area contributed by atoms with Gasteiger partial charge in [0.2, 0.25) is 35.4 Å². The summed E-state index contributed by atoms with van der Waals surface area (Å²) in [6, 6.07) is 16.1. The zero-order valence-electron chi connectivity index (χ0n) is 43.5. The van der Waals surface area contributed by atoms with Crippen molar-refractivity contribution < 1.29 is 28.8 Å². The van der Waals surface area contributed by atoms with Crippen molar-refractivity contribution in [2.75, 3.05) is 27.2 Å². The van der Waals surface area contributed by atoms with Gasteiger partial charge in [-0.3, -0.25) is 28.8 Å². The predicted molar refractivity (Wildman–Crippen MR) is 290 cm³/mol. The number of nitrogens with one attached hydrogen (secondary N) is 6. The van der Waals surface area contributed by atoms with Gasteiger partial charge in [-0.1, -0.05) is 99.2 Å². The predicted octanol–water partition coefficient (Wildman–Crippen LogP) is 7.06. The van der Waals surface area contributed by atoms with E-state index >= 15 is 0 Å². The molecule has 4 heterocycles. The van der Waals surface area contributed by atoms with E-state index in [4.69, 9.17) is 9.97 Å². The molecule has 2 saturated carbocycles. The highest BCUT2D eigenvalue weighted by atomic mass is 32.1. The van der Waals surface area contributed by atoms with Crippen LogP contribution in [0.15, 0.2) is 71.4 Å². The molecule has 6 N–H and O–H groups in total. The van der Waals surface area contributed by atoms with E-state index in [1.807, 2.05) is 81.2 Å². The summed E-state index contributed by atoms with van der Waals surface area (Å²) in [7, 11) is 3.46. The van der Waals surface area contributed by atoms with Crippen LogP contribution in [0.5, 0.6) is 0 Å². The van der Waals surface area contributed by atoms with Gasteiger partial charge in [-0.25, -0.2) is 9.97 Å². The molecule has 74 heavy (non-hydrogen) atoms. The van der Waals surface area contributed by atoms with Crippen molar-refractivity contribution in [3.63, 3.8) is 0 Å². The molecule has 4 aromatic rings. The average Bonchev–Trinajstić information content (AvgIpc) is 4.28. The van der Waals surface area contributed by atoms with Gasteiger partial charge < -0.3 is 41.7 Å². The standard InChI is InChI=1S/C56H76N10O6S2/c1-35(57-3)51(69)63-49(39-23-13-7-14-24-39)55(71)65-31-41(29-45(65)53-61-43(33-73-53)37-19-9-5-10-20-37)59-47(67)27-17-18-28-48(68)60-42-30-46(54-62-44(34-74-54)38-21-11-6-12-22-38)66(32-42)56(72)50(40-25-15-8-16-26-40)64-52(70)36(2)58-4/h5-6,9-12,19-22,33-36,39-42,45-46,49-50,57-58H,7-8,13-18,23-32H2,1-4H3,(H,59,67)(H,60,68)(H,63,69)(H,64,70)/t35-,36-,41-,42-,45-,46-,49-,50-/m0/s1. The first-order valence-electron chi connectivity index (χ1n) is 27.1. The molecule has 8 atom stereocenters. The molecule has 2 aromatic heterocycles. The van der Waals surface area contributed by atoms with Crippen molar-refractivity contribution in [1.29, 1.82) is 0 Å². The zero-order chi connectivity index (χ0) is 52.1. The molecule has 0 radical (unpaired) electrons. The smallest absolute Gasteiger partial charge is 0.246 e. The molecular formula is C56H76N10O6S2. The number of nitrogens with zero attached hydrogens (tertiary/aromatic N) is 4. The highest BCUT2D eigenvalue weighted by Crippen LogP contribution is 2.40. The van der Waals surface area contributed by atoms with Gasteiger partial charge in [0, 0.05) is 59.9 Å². The Labute approximate surface area is 444 Å². The number of hydrogen-bond donors (Lipinski definition) is 6. The van der Waals surface area contributed by atoms with E-state index in [0.717, 1.165) is 96.7 Å². The molecule has 0 spiro atoms. The Kier molecular flexibility index (Phi) is 19.4. The van der Waals surface area contributed by atoms with E-state index in [9.17, 15) is 28.8 Å². The first kappa shape index (κ1) is 54.7. The summed E-state index contributed by atoms with van der Waals surface area (Å²) in [4.78, 5) is 97.3. The lowest BCUT2D eigenvalue weighted by Crippen LogP contribution is -2.56. The number of hydrogen-bond acceptors (Lipinski definition) is 12. The van der Waals surface area contributed by atoms with E-state index in [0.29, 0.717) is 25.7 Å². The number of amides is 6. The maximum absolute atomic E-state index is 14.8. The average molecular weight is 1050 g/mol. The van der Waals surface area contributed by atoms with Gasteiger partial charge in [0.25, 0.3) is 0 Å². The van der Waals surface area contributed by atoms with Crippen LogP contribution in [0.1, 0.15) is 139 Å². The Bertz CT molecular complexity index is 2340. The molecule has 4 aliphatic rings. The molecule has 2 aromatic carbocycles. The normalized spacial score (nSPS) is 22.1. The minimum absolute atomic E-state index is 0.0136. The number of rotatable bonds is 21. The SMILES string of the molecule is CN[C@@H](C)C(=O)N[C@H](C(=O)N1C[C@@H](NC(=O)CCCCC(=O)N[C@H]2C[C@@H](c3nc(-c4ccccc4)cs3)N(C(=O)[C@@H](NC(=O)[C@H](C)NC)C3CCCCC3)C2)C[C@H]1c1nc(-c2ccccc2)cs1)C1CCCCC1. The maximum Gasteiger partial charge on any atom is 0.246 e. The van der Waals surface area contributed by atoms with Crippen molar-refractivity contribution in [1.82, 2.24) is 51.7 Å². The van der Waals surface area contributed by atoms with Gasteiger partial charge in [0.05, 0.1) is 35.6 Å². The summed E-state index contributed by atoms with van der Waals surface area (Å²) in [5, 5.41) is 24.3. The number of carbonyl (C=O) groups excluding carboxylic acids is 6. The first-order valence-corrected chi connectivity index (χ1v) is 28.8. The van der Waals surface area contributed by atoms with Gasteiger partial charge in [-0.05, 0) is 91.1 Å². The lowest BCUT2D eigenvalue weighted by Gasteiger charge is -2.35. The molecule has 2 aliphatic carbocycles. The van der Waals surface area contributed by atoms with Crippen LogP contribution in [-0.2, 0) is 28.8 Å². The molecule has 6 amide bonds. The van der Waals surface area contributed by atoms with Crippen LogP contribution < -0.4 is 31.9 Å². The third-order valence-corrected chi connectivity index (χ3v) is 17.6. The summed E-state index contributed by atoms with van der Waals surface area (Å²) in [5.74, 6) is -0.993. The van der Waals surface area contributed by atoms with Gasteiger partial charge in [-0.2, -0.15) is 0 Å². The zero-order valence-corrected chi connectivity index (χ0v) is 45.1. The minimum Gasteiger partial charge on any atom is -0.351 e. The van der Waals surface area contributed by atoms with E-state index in [1.54, 1.807) is 27.9 Å². The Morgan fingerprint density at radius 3 is 1.31 bits per heavy atom. The number of unbranched alkanes of at least 4 members (excludes halogenated alkanes) is 1. The second kappa shape index (κ2) is 26.3. The fourth-order valence-corrected chi connectivity index (χ4v) is 13.2. The van der Waals surface area contributed by atoms with E-state index in [1.165, 1.54) is 22.7 Å². The Morgan fingerprint density at radius 2 is 0.946 bits per heavy atom. The van der Waals surface area contributed by atoms with Crippen LogP contribution >= 0.6 is 22.7 Å². The third kappa shape index (κ3) is 13.8. The van der Waals surface area contributed by atoms with Crippen LogP contribution in [0.25, 0.3) is 22.5 Å². The fourth-order valence-electron chi connectivity index (χ4n) is 11.2. The van der Waals surface area contributed by atoms with Crippen molar-refractivity contribution in [3.05, 3.63) is 81.4 Å². The molecule has 398 valence electrons. The second-order valence-corrected chi connectivity index (χ2v) is 22.7. The minimum atomic E-state index is -0.688. The summed E-state index contributed by atoms with van der Waals surface area (Å²) in [6.45, 7) is 4.15.